The molecular formula is C27H31N3O5S2. The van der Waals surface area contributed by atoms with Crippen LogP contribution in [0.4, 0.5) is 11.4 Å². The van der Waals surface area contributed by atoms with Crippen LogP contribution >= 0.6 is 0 Å². The predicted octanol–water partition coefficient (Wildman–Crippen LogP) is 3.65. The van der Waals surface area contributed by atoms with E-state index in [1.54, 1.807) is 48.5 Å². The number of amides is 1. The topological polar surface area (TPSA) is 95.1 Å². The molecule has 3 aromatic carbocycles. The van der Waals surface area contributed by atoms with Gasteiger partial charge in [0.25, 0.3) is 10.0 Å². The molecule has 0 saturated carbocycles. The maximum Gasteiger partial charge on any atom is 0.264 e. The molecular weight excluding hydrogens is 510 g/mol. The van der Waals surface area contributed by atoms with Crippen molar-refractivity contribution in [2.45, 2.75) is 37.0 Å². The molecule has 0 spiro atoms. The van der Waals surface area contributed by atoms with Gasteiger partial charge in [0.1, 0.15) is 6.54 Å². The van der Waals surface area contributed by atoms with Gasteiger partial charge in [-0.25, -0.2) is 21.1 Å². The van der Waals surface area contributed by atoms with Crippen LogP contribution in [0.15, 0.2) is 70.5 Å². The number of hydrogen-bond donors (Lipinski definition) is 0. The summed E-state index contributed by atoms with van der Waals surface area (Å²) in [4.78, 5) is 15.4. The third-order valence-corrected chi connectivity index (χ3v) is 10.0. The molecule has 37 heavy (non-hydrogen) atoms. The fourth-order valence-corrected chi connectivity index (χ4v) is 6.81. The van der Waals surface area contributed by atoms with Gasteiger partial charge in [0.15, 0.2) is 0 Å². The Kier molecular flexibility index (Phi) is 7.20. The molecule has 0 fully saturated rings. The summed E-state index contributed by atoms with van der Waals surface area (Å²) in [7, 11) is -4.72. The first kappa shape index (κ1) is 26.8. The average Bonchev–Trinajstić information content (AvgIpc) is 3.25. The number of aryl methyl sites for hydroxylation is 3. The van der Waals surface area contributed by atoms with Crippen LogP contribution in [0, 0.1) is 20.8 Å². The SMILES string of the molecule is Cc1ccc(S(=O)(=O)N(CC(=O)N2CCc3cc(S(=O)(=O)N(C)C)ccc32)c2cc(C)cc(C)c2)cc1. The summed E-state index contributed by atoms with van der Waals surface area (Å²) in [5, 5.41) is 0. The van der Waals surface area contributed by atoms with Crippen LogP contribution in [-0.2, 0) is 31.3 Å². The highest BCUT2D eigenvalue weighted by atomic mass is 32.2. The Hall–Kier alpha value is -3.21. The van der Waals surface area contributed by atoms with Crippen LogP contribution < -0.4 is 9.21 Å². The van der Waals surface area contributed by atoms with Crippen LogP contribution in [-0.4, -0.2) is 54.2 Å². The van der Waals surface area contributed by atoms with E-state index >= 15 is 0 Å². The Morgan fingerprint density at radius 2 is 1.38 bits per heavy atom. The molecule has 0 radical (unpaired) electrons. The quantitative estimate of drug-likeness (QED) is 0.455. The summed E-state index contributed by atoms with van der Waals surface area (Å²) in [5.74, 6) is -0.392. The van der Waals surface area contributed by atoms with Gasteiger partial charge in [0.05, 0.1) is 15.5 Å². The van der Waals surface area contributed by atoms with Gasteiger partial charge < -0.3 is 4.90 Å². The molecule has 1 aliphatic heterocycles. The number of carbonyl (C=O) groups is 1. The zero-order valence-corrected chi connectivity index (χ0v) is 23.2. The predicted molar refractivity (Wildman–Crippen MR) is 145 cm³/mol. The summed E-state index contributed by atoms with van der Waals surface area (Å²) in [6.07, 6.45) is 0.478. The number of nitrogens with zero attached hydrogens (tertiary/aromatic N) is 3. The molecule has 0 saturated heterocycles. The zero-order valence-electron chi connectivity index (χ0n) is 21.6. The molecule has 4 rings (SSSR count). The molecule has 1 heterocycles. The summed E-state index contributed by atoms with van der Waals surface area (Å²) in [6, 6.07) is 16.7. The van der Waals surface area contributed by atoms with E-state index in [-0.39, 0.29) is 9.79 Å². The largest absolute Gasteiger partial charge is 0.310 e. The third-order valence-electron chi connectivity index (χ3n) is 6.41. The fourth-order valence-electron chi connectivity index (χ4n) is 4.46. The molecule has 0 unspecified atom stereocenters. The van der Waals surface area contributed by atoms with Crippen LogP contribution in [0.3, 0.4) is 0 Å². The molecule has 196 valence electrons. The van der Waals surface area contributed by atoms with E-state index in [1.807, 2.05) is 26.8 Å². The van der Waals surface area contributed by atoms with Crippen molar-refractivity contribution in [2.75, 3.05) is 36.4 Å². The van der Waals surface area contributed by atoms with Gasteiger partial charge in [-0.15, -0.1) is 0 Å². The molecule has 8 nitrogen and oxygen atoms in total. The van der Waals surface area contributed by atoms with Gasteiger partial charge in [0.2, 0.25) is 15.9 Å². The molecule has 0 atom stereocenters. The first-order valence-electron chi connectivity index (χ1n) is 11.8. The maximum atomic E-state index is 13.8. The molecule has 1 amide bonds. The Bertz CT molecular complexity index is 1540. The minimum Gasteiger partial charge on any atom is -0.310 e. The summed E-state index contributed by atoms with van der Waals surface area (Å²) in [5.41, 5.74) is 4.43. The molecule has 0 aromatic heterocycles. The molecule has 3 aromatic rings. The summed E-state index contributed by atoms with van der Waals surface area (Å²) in [6.45, 7) is 5.58. The normalized spacial score (nSPS) is 13.6. The second kappa shape index (κ2) is 9.92. The van der Waals surface area contributed by atoms with E-state index in [0.29, 0.717) is 24.3 Å². The number of sulfonamides is 2. The second-order valence-electron chi connectivity index (χ2n) is 9.54. The van der Waals surface area contributed by atoms with Crippen molar-refractivity contribution >= 4 is 37.3 Å². The maximum absolute atomic E-state index is 13.8. The van der Waals surface area contributed by atoms with Crippen LogP contribution in [0.2, 0.25) is 0 Å². The summed E-state index contributed by atoms with van der Waals surface area (Å²) >= 11 is 0. The number of hydrogen-bond acceptors (Lipinski definition) is 5. The van der Waals surface area contributed by atoms with Gasteiger partial charge in [-0.2, -0.15) is 0 Å². The molecule has 0 bridgehead atoms. The Morgan fingerprint density at radius 3 is 1.97 bits per heavy atom. The monoisotopic (exact) mass is 541 g/mol. The van der Waals surface area contributed by atoms with Crippen molar-refractivity contribution in [3.63, 3.8) is 0 Å². The first-order valence-corrected chi connectivity index (χ1v) is 14.7. The van der Waals surface area contributed by atoms with Crippen molar-refractivity contribution in [3.05, 3.63) is 82.9 Å². The minimum absolute atomic E-state index is 0.102. The molecule has 0 aliphatic carbocycles. The highest BCUT2D eigenvalue weighted by Gasteiger charge is 2.32. The zero-order chi connectivity index (χ0) is 27.1. The Labute approximate surface area is 219 Å². The van der Waals surface area contributed by atoms with Crippen molar-refractivity contribution in [2.24, 2.45) is 0 Å². The number of rotatable bonds is 7. The minimum atomic E-state index is -4.04. The number of fused-ring (bicyclic) bond motifs is 1. The van der Waals surface area contributed by atoms with Crippen molar-refractivity contribution in [3.8, 4) is 0 Å². The van der Waals surface area contributed by atoms with Gasteiger partial charge in [-0.1, -0.05) is 23.8 Å². The van der Waals surface area contributed by atoms with Gasteiger partial charge in [-0.3, -0.25) is 9.10 Å². The Morgan fingerprint density at radius 1 is 0.784 bits per heavy atom. The fraction of sp³-hybridized carbons (Fsp3) is 0.296. The van der Waals surface area contributed by atoms with E-state index in [9.17, 15) is 21.6 Å². The highest BCUT2D eigenvalue weighted by Crippen LogP contribution is 2.32. The second-order valence-corrected chi connectivity index (χ2v) is 13.6. The third kappa shape index (κ3) is 5.27. The van der Waals surface area contributed by atoms with E-state index in [2.05, 4.69) is 0 Å². The molecule has 1 aliphatic rings. The standard InChI is InChI=1S/C27H31N3O5S2/c1-19-6-8-24(9-7-19)37(34,35)30(23-15-20(2)14-21(3)16-23)18-27(31)29-13-12-22-17-25(10-11-26(22)29)36(32,33)28(4)5/h6-11,14-17H,12-13,18H2,1-5H3. The molecule has 0 N–H and O–H groups in total. The van der Waals surface area contributed by atoms with Gasteiger partial charge in [-0.05, 0) is 86.3 Å². The van der Waals surface area contributed by atoms with Crippen molar-refractivity contribution in [1.29, 1.82) is 0 Å². The van der Waals surface area contributed by atoms with E-state index in [4.69, 9.17) is 0 Å². The molecule has 10 heteroatoms. The Balaban J connectivity index is 1.71. The smallest absolute Gasteiger partial charge is 0.264 e. The number of carbonyl (C=O) groups excluding carboxylic acids is 1. The first-order chi connectivity index (χ1) is 17.3. The lowest BCUT2D eigenvalue weighted by Crippen LogP contribution is -2.42. The lowest BCUT2D eigenvalue weighted by Gasteiger charge is -2.27. The van der Waals surface area contributed by atoms with Gasteiger partial charge >= 0.3 is 0 Å². The van der Waals surface area contributed by atoms with Crippen LogP contribution in [0.25, 0.3) is 0 Å². The van der Waals surface area contributed by atoms with Crippen molar-refractivity contribution < 1.29 is 21.6 Å². The van der Waals surface area contributed by atoms with Crippen LogP contribution in [0.5, 0.6) is 0 Å². The van der Waals surface area contributed by atoms with E-state index in [0.717, 1.165) is 30.9 Å². The van der Waals surface area contributed by atoms with E-state index in [1.165, 1.54) is 25.1 Å². The van der Waals surface area contributed by atoms with Crippen molar-refractivity contribution in [1.82, 2.24) is 4.31 Å². The van der Waals surface area contributed by atoms with E-state index < -0.39 is 32.5 Å². The van der Waals surface area contributed by atoms with Gasteiger partial charge in [0, 0.05) is 26.3 Å². The lowest BCUT2D eigenvalue weighted by atomic mass is 10.1. The summed E-state index contributed by atoms with van der Waals surface area (Å²) < 4.78 is 54.9. The number of anilines is 2. The highest BCUT2D eigenvalue weighted by molar-refractivity contribution is 7.92. The van der Waals surface area contributed by atoms with Crippen LogP contribution in [0.1, 0.15) is 22.3 Å². The lowest BCUT2D eigenvalue weighted by molar-refractivity contribution is -0.117. The number of benzene rings is 3. The average molecular weight is 542 g/mol.